The molecule has 16 heavy (non-hydrogen) atoms. The van der Waals surface area contributed by atoms with Crippen molar-refractivity contribution in [2.24, 2.45) is 9.98 Å². The Hall–Kier alpha value is -1.82. The minimum atomic E-state index is -3.71. The van der Waals surface area contributed by atoms with Gasteiger partial charge in [0.25, 0.3) is 0 Å². The van der Waals surface area contributed by atoms with Gasteiger partial charge in [0.05, 0.1) is 11.1 Å². The highest BCUT2D eigenvalue weighted by atomic mass is 32.2. The molecule has 0 spiro atoms. The quantitative estimate of drug-likeness (QED) is 0.739. The molecule has 1 aliphatic rings. The Morgan fingerprint density at radius 2 is 1.75 bits per heavy atom. The van der Waals surface area contributed by atoms with Crippen molar-refractivity contribution in [3.63, 3.8) is 0 Å². The lowest BCUT2D eigenvalue weighted by atomic mass is 10.2. The molecular weight excluding hydrogens is 228 g/mol. The van der Waals surface area contributed by atoms with Gasteiger partial charge in [0.1, 0.15) is 0 Å². The largest absolute Gasteiger partial charge is 0.368 e. The molecule has 0 fully saturated rings. The Kier molecular flexibility index (Phi) is 2.43. The van der Waals surface area contributed by atoms with E-state index in [1.807, 2.05) is 6.92 Å². The van der Waals surface area contributed by atoms with Gasteiger partial charge in [0.15, 0.2) is 5.04 Å². The van der Waals surface area contributed by atoms with E-state index in [0.29, 0.717) is 0 Å². The molecule has 2 amide bonds. The van der Waals surface area contributed by atoms with Gasteiger partial charge in [-0.25, -0.2) is 13.2 Å². The number of amides is 2. The van der Waals surface area contributed by atoms with Crippen LogP contribution >= 0.6 is 0 Å². The number of hydrogen-bond donors (Lipinski definition) is 0. The first kappa shape index (κ1) is 10.7. The van der Waals surface area contributed by atoms with Crippen LogP contribution in [0.2, 0.25) is 0 Å². The molecule has 0 unspecified atom stereocenters. The maximum absolute atomic E-state index is 11.9. The summed E-state index contributed by atoms with van der Waals surface area (Å²) in [4.78, 5) is 17.5. The lowest BCUT2D eigenvalue weighted by Crippen LogP contribution is -2.14. The second-order valence-corrected chi connectivity index (χ2v) is 5.20. The molecule has 0 aromatic heterocycles. The summed E-state index contributed by atoms with van der Waals surface area (Å²) in [6.07, 6.45) is 0.970. The van der Waals surface area contributed by atoms with E-state index in [-0.39, 0.29) is 9.94 Å². The van der Waals surface area contributed by atoms with Gasteiger partial charge in [-0.15, -0.1) is 0 Å². The van der Waals surface area contributed by atoms with Gasteiger partial charge in [0.2, 0.25) is 9.84 Å². The first-order valence-corrected chi connectivity index (χ1v) is 5.97. The molecule has 82 valence electrons. The topological polar surface area (TPSA) is 75.9 Å². The number of carbonyl (C=O) groups is 1. The molecule has 1 heterocycles. The van der Waals surface area contributed by atoms with Gasteiger partial charge >= 0.3 is 6.03 Å². The highest BCUT2D eigenvalue weighted by Gasteiger charge is 2.25. The van der Waals surface area contributed by atoms with Gasteiger partial charge in [-0.3, -0.25) is 0 Å². The molecule has 5 nitrogen and oxygen atoms in total. The fourth-order valence-corrected chi connectivity index (χ4v) is 2.36. The Labute approximate surface area is 92.5 Å². The minimum absolute atomic E-state index is 0.109. The summed E-state index contributed by atoms with van der Waals surface area (Å²) in [6, 6.07) is 5.53. The van der Waals surface area contributed by atoms with Crippen LogP contribution in [0.3, 0.4) is 0 Å². The number of carbonyl (C=O) groups excluding carboxylic acids is 1. The Morgan fingerprint density at radius 3 is 2.25 bits per heavy atom. The summed E-state index contributed by atoms with van der Waals surface area (Å²) in [6.45, 7) is 1.86. The number of aliphatic imine (C=N–C) groups is 2. The molecular formula is C10H8N2O3S. The second kappa shape index (κ2) is 3.64. The predicted octanol–water partition coefficient (Wildman–Crippen LogP) is 1.37. The van der Waals surface area contributed by atoms with Gasteiger partial charge in [-0.05, 0) is 19.1 Å². The molecule has 1 aromatic rings. The van der Waals surface area contributed by atoms with Crippen molar-refractivity contribution in [3.05, 3.63) is 29.8 Å². The van der Waals surface area contributed by atoms with E-state index in [1.54, 1.807) is 12.1 Å². The SMILES string of the molecule is Cc1ccc(S(=O)(=O)C2=NC(=O)N=C2)cc1. The van der Waals surface area contributed by atoms with Crippen molar-refractivity contribution in [1.82, 2.24) is 0 Å². The van der Waals surface area contributed by atoms with E-state index in [1.165, 1.54) is 12.1 Å². The summed E-state index contributed by atoms with van der Waals surface area (Å²) in [5, 5.41) is -0.304. The van der Waals surface area contributed by atoms with Crippen LogP contribution in [0.1, 0.15) is 5.56 Å². The van der Waals surface area contributed by atoms with Crippen LogP contribution in [0.15, 0.2) is 39.1 Å². The molecule has 1 aliphatic heterocycles. The molecule has 0 bridgehead atoms. The Morgan fingerprint density at radius 1 is 1.12 bits per heavy atom. The monoisotopic (exact) mass is 236 g/mol. The number of hydrogen-bond acceptors (Lipinski definition) is 3. The van der Waals surface area contributed by atoms with Gasteiger partial charge in [-0.2, -0.15) is 9.98 Å². The van der Waals surface area contributed by atoms with Crippen LogP contribution in [0.5, 0.6) is 0 Å². The summed E-state index contributed by atoms with van der Waals surface area (Å²) in [7, 11) is -3.71. The molecule has 0 saturated carbocycles. The zero-order valence-electron chi connectivity index (χ0n) is 8.41. The van der Waals surface area contributed by atoms with Crippen molar-refractivity contribution < 1.29 is 13.2 Å². The van der Waals surface area contributed by atoms with Crippen LogP contribution in [-0.2, 0) is 9.84 Å². The van der Waals surface area contributed by atoms with Crippen LogP contribution in [0.25, 0.3) is 0 Å². The molecule has 0 aliphatic carbocycles. The van der Waals surface area contributed by atoms with Crippen LogP contribution in [0.4, 0.5) is 4.79 Å². The smallest absolute Gasteiger partial charge is 0.244 e. The summed E-state index contributed by atoms with van der Waals surface area (Å²) < 4.78 is 23.8. The molecule has 0 atom stereocenters. The van der Waals surface area contributed by atoms with E-state index in [4.69, 9.17) is 0 Å². The van der Waals surface area contributed by atoms with E-state index in [0.717, 1.165) is 11.8 Å². The molecule has 0 radical (unpaired) electrons. The Balaban J connectivity index is 2.48. The summed E-state index contributed by atoms with van der Waals surface area (Å²) in [5.41, 5.74) is 0.956. The van der Waals surface area contributed by atoms with Crippen LogP contribution in [0, 0.1) is 6.92 Å². The van der Waals surface area contributed by atoms with Crippen molar-refractivity contribution in [2.45, 2.75) is 11.8 Å². The average molecular weight is 236 g/mol. The summed E-state index contributed by atoms with van der Waals surface area (Å²) in [5.74, 6) is 0. The Bertz CT molecular complexity index is 597. The maximum Gasteiger partial charge on any atom is 0.368 e. The third kappa shape index (κ3) is 1.79. The lowest BCUT2D eigenvalue weighted by molar-refractivity contribution is 0.257. The van der Waals surface area contributed by atoms with E-state index in [9.17, 15) is 13.2 Å². The predicted molar refractivity (Wildman–Crippen MR) is 59.7 cm³/mol. The number of sulfone groups is 1. The lowest BCUT2D eigenvalue weighted by Gasteiger charge is -2.01. The van der Waals surface area contributed by atoms with E-state index < -0.39 is 15.9 Å². The fraction of sp³-hybridized carbons (Fsp3) is 0.100. The number of urea groups is 1. The normalized spacial score (nSPS) is 15.3. The molecule has 2 rings (SSSR count). The molecule has 0 N–H and O–H groups in total. The van der Waals surface area contributed by atoms with Gasteiger partial charge in [-0.1, -0.05) is 17.7 Å². The molecule has 1 aromatic carbocycles. The highest BCUT2D eigenvalue weighted by molar-refractivity contribution is 8.08. The van der Waals surface area contributed by atoms with Crippen molar-refractivity contribution >= 4 is 27.1 Å². The maximum atomic E-state index is 11.9. The van der Waals surface area contributed by atoms with Crippen molar-refractivity contribution in [2.75, 3.05) is 0 Å². The number of rotatable bonds is 1. The first-order chi connectivity index (χ1) is 7.50. The van der Waals surface area contributed by atoms with Crippen LogP contribution < -0.4 is 0 Å². The third-order valence-corrected chi connectivity index (χ3v) is 3.74. The minimum Gasteiger partial charge on any atom is -0.244 e. The van der Waals surface area contributed by atoms with Gasteiger partial charge in [0, 0.05) is 0 Å². The first-order valence-electron chi connectivity index (χ1n) is 4.48. The average Bonchev–Trinajstić information content (AvgIpc) is 2.66. The zero-order chi connectivity index (χ0) is 11.8. The summed E-state index contributed by atoms with van der Waals surface area (Å²) >= 11 is 0. The van der Waals surface area contributed by atoms with E-state index in [2.05, 4.69) is 9.98 Å². The van der Waals surface area contributed by atoms with E-state index >= 15 is 0 Å². The van der Waals surface area contributed by atoms with Crippen LogP contribution in [-0.4, -0.2) is 25.7 Å². The van der Waals surface area contributed by atoms with Crippen molar-refractivity contribution in [1.29, 1.82) is 0 Å². The number of aryl methyl sites for hydroxylation is 1. The molecule has 6 heteroatoms. The third-order valence-electron chi connectivity index (χ3n) is 2.10. The number of benzene rings is 1. The molecule has 0 saturated heterocycles. The van der Waals surface area contributed by atoms with Crippen molar-refractivity contribution in [3.8, 4) is 0 Å². The standard InChI is InChI=1S/C10H8N2O3S/c1-7-2-4-8(5-3-7)16(14,15)9-6-11-10(13)12-9/h2-6H,1H3. The fourth-order valence-electron chi connectivity index (χ4n) is 1.23. The zero-order valence-corrected chi connectivity index (χ0v) is 9.23. The number of nitrogens with zero attached hydrogens (tertiary/aromatic N) is 2. The second-order valence-electron chi connectivity index (χ2n) is 3.31. The highest BCUT2D eigenvalue weighted by Crippen LogP contribution is 2.14. The van der Waals surface area contributed by atoms with Gasteiger partial charge < -0.3 is 0 Å².